The van der Waals surface area contributed by atoms with Gasteiger partial charge >= 0.3 is 0 Å². The lowest BCUT2D eigenvalue weighted by molar-refractivity contribution is 0.103. The molecule has 2 N–H and O–H groups in total. The summed E-state index contributed by atoms with van der Waals surface area (Å²) in [5.74, 6) is 1.25. The number of hydrogen-bond acceptors (Lipinski definition) is 3. The fourth-order valence-electron chi connectivity index (χ4n) is 6.10. The third-order valence-corrected chi connectivity index (χ3v) is 8.17. The number of ketones is 1. The molecule has 184 valence electrons. The van der Waals surface area contributed by atoms with Gasteiger partial charge in [-0.15, -0.1) is 0 Å². The van der Waals surface area contributed by atoms with Crippen LogP contribution < -0.4 is 0 Å². The van der Waals surface area contributed by atoms with E-state index in [1.165, 1.54) is 77.0 Å². The second-order valence-corrected chi connectivity index (χ2v) is 10.7. The molecule has 3 heteroatoms. The maximum Gasteiger partial charge on any atom is 0.193 e. The molecule has 2 aromatic rings. The van der Waals surface area contributed by atoms with Crippen LogP contribution >= 0.6 is 0 Å². The first-order valence-electron chi connectivity index (χ1n) is 13.8. The summed E-state index contributed by atoms with van der Waals surface area (Å²) >= 11 is 0. The van der Waals surface area contributed by atoms with Crippen LogP contribution in [0.1, 0.15) is 142 Å². The van der Waals surface area contributed by atoms with Crippen LogP contribution in [-0.2, 0) is 0 Å². The van der Waals surface area contributed by atoms with Crippen LogP contribution in [0.4, 0.5) is 0 Å². The molecule has 0 bridgehead atoms. The van der Waals surface area contributed by atoms with Crippen LogP contribution in [0.3, 0.4) is 0 Å². The minimum absolute atomic E-state index is 0.0198. The van der Waals surface area contributed by atoms with E-state index in [1.807, 2.05) is 12.1 Å². The van der Waals surface area contributed by atoms with E-state index in [1.54, 1.807) is 24.3 Å². The molecule has 0 amide bonds. The quantitative estimate of drug-likeness (QED) is 0.446. The van der Waals surface area contributed by atoms with Crippen molar-refractivity contribution in [3.8, 4) is 11.5 Å². The number of carbonyl (C=O) groups is 1. The molecule has 3 nitrogen and oxygen atoms in total. The topological polar surface area (TPSA) is 57.5 Å². The predicted octanol–water partition coefficient (Wildman–Crippen LogP) is 8.76. The number of hydrogen-bond donors (Lipinski definition) is 2. The Labute approximate surface area is 205 Å². The maximum atomic E-state index is 13.5. The molecule has 0 aromatic heterocycles. The lowest BCUT2D eigenvalue weighted by Crippen LogP contribution is -2.07. The van der Waals surface area contributed by atoms with Crippen molar-refractivity contribution in [1.82, 2.24) is 0 Å². The first-order chi connectivity index (χ1) is 16.6. The van der Waals surface area contributed by atoms with Crippen LogP contribution in [-0.4, -0.2) is 16.0 Å². The summed E-state index contributed by atoms with van der Waals surface area (Å²) in [6, 6.07) is 10.8. The van der Waals surface area contributed by atoms with Crippen molar-refractivity contribution in [3.63, 3.8) is 0 Å². The van der Waals surface area contributed by atoms with E-state index in [0.717, 1.165) is 36.8 Å². The molecule has 2 aromatic carbocycles. The molecule has 0 atom stereocenters. The Morgan fingerprint density at radius 3 is 1.21 bits per heavy atom. The molecular weight excluding hydrogens is 420 g/mol. The van der Waals surface area contributed by atoms with Gasteiger partial charge in [0, 0.05) is 11.1 Å². The van der Waals surface area contributed by atoms with Gasteiger partial charge in [-0.2, -0.15) is 0 Å². The average molecular weight is 463 g/mol. The fraction of sp³-hybridized carbons (Fsp3) is 0.581. The third kappa shape index (κ3) is 6.43. The van der Waals surface area contributed by atoms with Gasteiger partial charge in [-0.3, -0.25) is 4.79 Å². The van der Waals surface area contributed by atoms with Crippen LogP contribution in [0.15, 0.2) is 36.4 Å². The van der Waals surface area contributed by atoms with E-state index in [2.05, 4.69) is 0 Å². The van der Waals surface area contributed by atoms with Crippen molar-refractivity contribution in [1.29, 1.82) is 0 Å². The van der Waals surface area contributed by atoms with Gasteiger partial charge in [0.1, 0.15) is 11.5 Å². The molecule has 34 heavy (non-hydrogen) atoms. The zero-order chi connectivity index (χ0) is 23.8. The van der Waals surface area contributed by atoms with Gasteiger partial charge in [0.05, 0.1) is 0 Å². The standard InChI is InChI=1S/C31H42O3/c32-29-19-17-25(21-27(29)23-13-9-5-1-2-6-10-14-23)31(34)26-18-20-30(33)28(22-26)24-15-11-7-3-4-8-12-16-24/h17-24,32-33H,1-16H2. The molecule has 0 aliphatic heterocycles. The first-order valence-corrected chi connectivity index (χ1v) is 13.8. The van der Waals surface area contributed by atoms with E-state index >= 15 is 0 Å². The summed E-state index contributed by atoms with van der Waals surface area (Å²) in [5, 5.41) is 21.3. The average Bonchev–Trinajstić information content (AvgIpc) is 3.08. The smallest absolute Gasteiger partial charge is 0.193 e. The molecule has 0 saturated heterocycles. The lowest BCUT2D eigenvalue weighted by Gasteiger charge is -2.20. The normalized spacial score (nSPS) is 19.8. The van der Waals surface area contributed by atoms with Gasteiger partial charge in [-0.25, -0.2) is 0 Å². The van der Waals surface area contributed by atoms with Gasteiger partial charge in [-0.05, 0) is 85.0 Å². The summed E-state index contributed by atoms with van der Waals surface area (Å²) in [4.78, 5) is 13.5. The number of phenols is 2. The SMILES string of the molecule is O=C(c1ccc(O)c(C2CCCCCCCC2)c1)c1ccc(O)c(C2CCCCCCCC2)c1. The molecule has 0 heterocycles. The minimum Gasteiger partial charge on any atom is -0.508 e. The number of benzene rings is 2. The van der Waals surface area contributed by atoms with Crippen molar-refractivity contribution in [2.75, 3.05) is 0 Å². The first kappa shape index (κ1) is 24.8. The van der Waals surface area contributed by atoms with Crippen LogP contribution in [0.25, 0.3) is 0 Å². The number of rotatable bonds is 4. The molecule has 2 saturated carbocycles. The van der Waals surface area contributed by atoms with Crippen molar-refractivity contribution in [2.45, 2.75) is 115 Å². The van der Waals surface area contributed by atoms with E-state index in [4.69, 9.17) is 0 Å². The van der Waals surface area contributed by atoms with Crippen molar-refractivity contribution >= 4 is 5.78 Å². The highest BCUT2D eigenvalue weighted by Gasteiger charge is 2.22. The molecule has 2 aliphatic carbocycles. The Balaban J connectivity index is 1.57. The van der Waals surface area contributed by atoms with E-state index in [9.17, 15) is 15.0 Å². The predicted molar refractivity (Wildman–Crippen MR) is 139 cm³/mol. The number of aromatic hydroxyl groups is 2. The maximum absolute atomic E-state index is 13.5. The largest absolute Gasteiger partial charge is 0.508 e. The summed E-state index contributed by atoms with van der Waals surface area (Å²) in [7, 11) is 0. The molecular formula is C31H42O3. The Morgan fingerprint density at radius 1 is 0.529 bits per heavy atom. The molecule has 2 fully saturated rings. The molecule has 0 unspecified atom stereocenters. The molecule has 4 rings (SSSR count). The zero-order valence-electron chi connectivity index (χ0n) is 20.7. The Kier molecular flexibility index (Phi) is 9.07. The summed E-state index contributed by atoms with van der Waals surface area (Å²) in [6.45, 7) is 0. The highest BCUT2D eigenvalue weighted by molar-refractivity contribution is 6.09. The van der Waals surface area contributed by atoms with Gasteiger partial charge in [-0.1, -0.05) is 77.0 Å². The van der Waals surface area contributed by atoms with Gasteiger partial charge < -0.3 is 10.2 Å². The second kappa shape index (κ2) is 12.4. The zero-order valence-corrected chi connectivity index (χ0v) is 20.7. The van der Waals surface area contributed by atoms with Gasteiger partial charge in [0.25, 0.3) is 0 Å². The Hall–Kier alpha value is -2.29. The minimum atomic E-state index is -0.0198. The number of carbonyl (C=O) groups excluding carboxylic acids is 1. The second-order valence-electron chi connectivity index (χ2n) is 10.7. The Morgan fingerprint density at radius 2 is 0.853 bits per heavy atom. The molecule has 0 radical (unpaired) electrons. The monoisotopic (exact) mass is 462 g/mol. The van der Waals surface area contributed by atoms with Crippen LogP contribution in [0.5, 0.6) is 11.5 Å². The fourth-order valence-corrected chi connectivity index (χ4v) is 6.10. The lowest BCUT2D eigenvalue weighted by atomic mass is 9.85. The summed E-state index contributed by atoms with van der Waals surface area (Å²) < 4.78 is 0. The van der Waals surface area contributed by atoms with Crippen molar-refractivity contribution < 1.29 is 15.0 Å². The van der Waals surface area contributed by atoms with Crippen LogP contribution in [0, 0.1) is 0 Å². The third-order valence-electron chi connectivity index (χ3n) is 8.17. The van der Waals surface area contributed by atoms with E-state index in [-0.39, 0.29) is 5.78 Å². The van der Waals surface area contributed by atoms with E-state index in [0.29, 0.717) is 34.5 Å². The highest BCUT2D eigenvalue weighted by Crippen LogP contribution is 2.38. The molecule has 0 spiro atoms. The van der Waals surface area contributed by atoms with Crippen LogP contribution in [0.2, 0.25) is 0 Å². The Bertz CT molecular complexity index is 852. The van der Waals surface area contributed by atoms with Crippen molar-refractivity contribution in [2.24, 2.45) is 0 Å². The number of phenolic OH excluding ortho intramolecular Hbond substituents is 2. The summed E-state index contributed by atoms with van der Waals surface area (Å²) in [5.41, 5.74) is 3.14. The summed E-state index contributed by atoms with van der Waals surface area (Å²) in [6.07, 6.45) is 19.3. The van der Waals surface area contributed by atoms with Gasteiger partial charge in [0.15, 0.2) is 5.78 Å². The highest BCUT2D eigenvalue weighted by atomic mass is 16.3. The molecule has 2 aliphatic rings. The van der Waals surface area contributed by atoms with E-state index < -0.39 is 0 Å². The van der Waals surface area contributed by atoms with Gasteiger partial charge in [0.2, 0.25) is 0 Å². The van der Waals surface area contributed by atoms with Crippen molar-refractivity contribution in [3.05, 3.63) is 58.7 Å².